The van der Waals surface area contributed by atoms with Crippen LogP contribution in [0.15, 0.2) is 30.3 Å². The quantitative estimate of drug-likeness (QED) is 0.275. The first-order valence-corrected chi connectivity index (χ1v) is 14.8. The summed E-state index contributed by atoms with van der Waals surface area (Å²) in [6.45, 7) is 5.30. The van der Waals surface area contributed by atoms with Gasteiger partial charge in [-0.2, -0.15) is 0 Å². The van der Waals surface area contributed by atoms with Gasteiger partial charge in [-0.25, -0.2) is 0 Å². The van der Waals surface area contributed by atoms with E-state index in [1.165, 1.54) is 24.8 Å². The Kier molecular flexibility index (Phi) is 12.4. The number of hydrogen-bond acceptors (Lipinski definition) is 4. The molecule has 2 aliphatic carbocycles. The zero-order chi connectivity index (χ0) is 26.6. The van der Waals surface area contributed by atoms with Gasteiger partial charge in [0.1, 0.15) is 6.10 Å². The molecule has 0 saturated heterocycles. The molecule has 2 amide bonds. The van der Waals surface area contributed by atoms with E-state index in [1.54, 1.807) is 0 Å². The predicted molar refractivity (Wildman–Crippen MR) is 148 cm³/mol. The Bertz CT molecular complexity index is 805. The van der Waals surface area contributed by atoms with Gasteiger partial charge in [0.2, 0.25) is 11.8 Å². The monoisotopic (exact) mass is 514 g/mol. The number of nitrogens with zero attached hydrogens (tertiary/aromatic N) is 1. The van der Waals surface area contributed by atoms with Crippen LogP contribution in [0.4, 0.5) is 0 Å². The van der Waals surface area contributed by atoms with Gasteiger partial charge < -0.3 is 20.4 Å². The fraction of sp³-hybridized carbons (Fsp3) is 0.742. The van der Waals surface area contributed by atoms with Gasteiger partial charge >= 0.3 is 0 Å². The molecular weight excluding hydrogens is 464 g/mol. The number of aliphatic hydroxyl groups is 2. The minimum absolute atomic E-state index is 0.0667. The molecule has 3 atom stereocenters. The second-order valence-corrected chi connectivity index (χ2v) is 11.9. The van der Waals surface area contributed by atoms with E-state index in [9.17, 15) is 19.8 Å². The number of amides is 2. The summed E-state index contributed by atoms with van der Waals surface area (Å²) in [5, 5.41) is 25.1. The van der Waals surface area contributed by atoms with E-state index in [-0.39, 0.29) is 36.6 Å². The minimum Gasteiger partial charge on any atom is -0.390 e. The third-order valence-corrected chi connectivity index (χ3v) is 8.05. The zero-order valence-electron chi connectivity index (χ0n) is 23.1. The SMILES string of the molecule is CC(C)C[C@H](O)[C@H](O)[C@H](CC1CCCCC1)N(CC1CC1)C(=O)CCC(=O)NCCCc1ccccc1. The van der Waals surface area contributed by atoms with Gasteiger partial charge in [0.15, 0.2) is 0 Å². The van der Waals surface area contributed by atoms with Crippen LogP contribution < -0.4 is 5.32 Å². The van der Waals surface area contributed by atoms with Crippen LogP contribution in [0.5, 0.6) is 0 Å². The topological polar surface area (TPSA) is 89.9 Å². The smallest absolute Gasteiger partial charge is 0.223 e. The van der Waals surface area contributed by atoms with Crippen molar-refractivity contribution in [3.8, 4) is 0 Å². The summed E-state index contributed by atoms with van der Waals surface area (Å²) in [5.74, 6) is 1.04. The maximum atomic E-state index is 13.5. The van der Waals surface area contributed by atoms with E-state index in [1.807, 2.05) is 36.9 Å². The average Bonchev–Trinajstić information content (AvgIpc) is 3.72. The number of hydrogen-bond donors (Lipinski definition) is 3. The molecule has 6 heteroatoms. The van der Waals surface area contributed by atoms with Crippen LogP contribution in [0.3, 0.4) is 0 Å². The van der Waals surface area contributed by atoms with Crippen molar-refractivity contribution in [3.63, 3.8) is 0 Å². The van der Waals surface area contributed by atoms with Crippen molar-refractivity contribution in [2.45, 2.75) is 116 Å². The van der Waals surface area contributed by atoms with E-state index in [4.69, 9.17) is 0 Å². The van der Waals surface area contributed by atoms with Crippen molar-refractivity contribution in [2.24, 2.45) is 17.8 Å². The minimum atomic E-state index is -0.959. The van der Waals surface area contributed by atoms with Crippen LogP contribution in [0.2, 0.25) is 0 Å². The molecule has 0 aromatic heterocycles. The highest BCUT2D eigenvalue weighted by atomic mass is 16.3. The van der Waals surface area contributed by atoms with Crippen molar-refractivity contribution < 1.29 is 19.8 Å². The van der Waals surface area contributed by atoms with Gasteiger partial charge in [0.05, 0.1) is 12.1 Å². The Morgan fingerprint density at radius 2 is 1.68 bits per heavy atom. The lowest BCUT2D eigenvalue weighted by molar-refractivity contribution is -0.141. The molecule has 0 spiro atoms. The van der Waals surface area contributed by atoms with E-state index in [0.29, 0.717) is 31.3 Å². The second kappa shape index (κ2) is 15.5. The van der Waals surface area contributed by atoms with Gasteiger partial charge in [0.25, 0.3) is 0 Å². The number of carbonyl (C=O) groups is 2. The van der Waals surface area contributed by atoms with E-state index < -0.39 is 12.2 Å². The predicted octanol–water partition coefficient (Wildman–Crippen LogP) is 4.86. The molecule has 3 N–H and O–H groups in total. The highest BCUT2D eigenvalue weighted by Crippen LogP contribution is 2.35. The number of nitrogens with one attached hydrogen (secondary N) is 1. The first-order chi connectivity index (χ1) is 17.8. The lowest BCUT2D eigenvalue weighted by Gasteiger charge is -2.40. The molecule has 1 aromatic carbocycles. The number of rotatable bonds is 16. The number of carbonyl (C=O) groups excluding carboxylic acids is 2. The molecule has 0 radical (unpaired) electrons. The van der Waals surface area contributed by atoms with Gasteiger partial charge in [-0.15, -0.1) is 0 Å². The molecule has 0 bridgehead atoms. The van der Waals surface area contributed by atoms with E-state index in [0.717, 1.165) is 44.9 Å². The lowest BCUT2D eigenvalue weighted by atomic mass is 9.81. The zero-order valence-corrected chi connectivity index (χ0v) is 23.1. The summed E-state index contributed by atoms with van der Waals surface area (Å²) in [4.78, 5) is 27.9. The van der Waals surface area contributed by atoms with E-state index >= 15 is 0 Å². The van der Waals surface area contributed by atoms with Crippen molar-refractivity contribution in [1.29, 1.82) is 0 Å². The number of aryl methyl sites for hydroxylation is 1. The summed E-state index contributed by atoms with van der Waals surface area (Å²) in [5.41, 5.74) is 1.25. The Morgan fingerprint density at radius 1 is 0.973 bits per heavy atom. The van der Waals surface area contributed by atoms with Crippen molar-refractivity contribution in [2.75, 3.05) is 13.1 Å². The van der Waals surface area contributed by atoms with Gasteiger partial charge in [-0.1, -0.05) is 76.3 Å². The molecular formula is C31H50N2O4. The van der Waals surface area contributed by atoms with Gasteiger partial charge in [-0.3, -0.25) is 9.59 Å². The highest BCUT2D eigenvalue weighted by molar-refractivity contribution is 5.84. The van der Waals surface area contributed by atoms with Crippen molar-refractivity contribution >= 4 is 11.8 Å². The Morgan fingerprint density at radius 3 is 2.32 bits per heavy atom. The summed E-state index contributed by atoms with van der Waals surface area (Å²) in [7, 11) is 0. The fourth-order valence-electron chi connectivity index (χ4n) is 5.71. The molecule has 0 aliphatic heterocycles. The van der Waals surface area contributed by atoms with Crippen LogP contribution in [0.1, 0.15) is 96.5 Å². The molecule has 2 saturated carbocycles. The fourth-order valence-corrected chi connectivity index (χ4v) is 5.71. The second-order valence-electron chi connectivity index (χ2n) is 11.9. The molecule has 0 unspecified atom stereocenters. The molecule has 37 heavy (non-hydrogen) atoms. The van der Waals surface area contributed by atoms with Gasteiger partial charge in [-0.05, 0) is 61.8 Å². The molecule has 2 aliphatic rings. The maximum Gasteiger partial charge on any atom is 0.223 e. The first-order valence-electron chi connectivity index (χ1n) is 14.8. The summed E-state index contributed by atoms with van der Waals surface area (Å²) in [6.07, 6.45) is 9.62. The first kappa shape index (κ1) is 29.6. The normalized spacial score (nSPS) is 18.8. The Labute approximate surface area is 224 Å². The van der Waals surface area contributed by atoms with Crippen LogP contribution in [0.25, 0.3) is 0 Å². The van der Waals surface area contributed by atoms with Gasteiger partial charge in [0, 0.05) is 25.9 Å². The summed E-state index contributed by atoms with van der Waals surface area (Å²) < 4.78 is 0. The number of benzene rings is 1. The highest BCUT2D eigenvalue weighted by Gasteiger charge is 2.38. The molecule has 3 rings (SSSR count). The Hall–Kier alpha value is -1.92. The van der Waals surface area contributed by atoms with Crippen molar-refractivity contribution in [1.82, 2.24) is 10.2 Å². The van der Waals surface area contributed by atoms with Crippen LogP contribution in [0, 0.1) is 17.8 Å². The third kappa shape index (κ3) is 10.8. The maximum absolute atomic E-state index is 13.5. The van der Waals surface area contributed by atoms with Crippen LogP contribution in [-0.2, 0) is 16.0 Å². The van der Waals surface area contributed by atoms with Crippen molar-refractivity contribution in [3.05, 3.63) is 35.9 Å². The van der Waals surface area contributed by atoms with Crippen LogP contribution in [-0.4, -0.2) is 58.3 Å². The molecule has 2 fully saturated rings. The van der Waals surface area contributed by atoms with E-state index in [2.05, 4.69) is 17.4 Å². The lowest BCUT2D eigenvalue weighted by Crippen LogP contribution is -2.53. The Balaban J connectivity index is 1.56. The molecule has 6 nitrogen and oxygen atoms in total. The molecule has 1 aromatic rings. The van der Waals surface area contributed by atoms with Crippen LogP contribution >= 0.6 is 0 Å². The molecule has 0 heterocycles. The molecule has 208 valence electrons. The largest absolute Gasteiger partial charge is 0.390 e. The standard InChI is InChI=1S/C31H50N2O4/c1-23(2)20-28(34)31(37)27(21-25-12-7-4-8-13-25)33(22-26-15-16-26)30(36)18-17-29(35)32-19-9-14-24-10-5-3-6-11-24/h3,5-6,10-11,23,25-28,31,34,37H,4,7-9,12-22H2,1-2H3,(H,32,35)/t27-,28-,31+/m0/s1. The third-order valence-electron chi connectivity index (χ3n) is 8.05. The average molecular weight is 515 g/mol. The summed E-state index contributed by atoms with van der Waals surface area (Å²) in [6, 6.07) is 9.83. The summed E-state index contributed by atoms with van der Waals surface area (Å²) >= 11 is 0. The number of aliphatic hydroxyl groups excluding tert-OH is 2.